The van der Waals surface area contributed by atoms with Crippen molar-refractivity contribution in [1.82, 2.24) is 4.31 Å². The first-order valence-corrected chi connectivity index (χ1v) is 9.28. The largest absolute Gasteiger partial charge is 0.452 e. The maximum Gasteiger partial charge on any atom is 0.247 e. The molecule has 8 heteroatoms. The molecule has 1 aromatic rings. The summed E-state index contributed by atoms with van der Waals surface area (Å²) in [4.78, 5) is 0.103. The normalized spacial score (nSPS) is 22.4. The molecule has 0 atom stereocenters. The molecule has 21 heavy (non-hydrogen) atoms. The van der Waals surface area contributed by atoms with Crippen molar-refractivity contribution in [3.05, 3.63) is 16.5 Å². The highest BCUT2D eigenvalue weighted by Crippen LogP contribution is 2.35. The number of morpholine rings is 1. The Bertz CT molecular complexity index is 623. The zero-order valence-corrected chi connectivity index (χ0v) is 15.6. The van der Waals surface area contributed by atoms with Crippen molar-refractivity contribution in [2.24, 2.45) is 0 Å². The molecule has 0 unspecified atom stereocenters. The first kappa shape index (κ1) is 17.3. The van der Waals surface area contributed by atoms with E-state index < -0.39 is 21.2 Å². The number of ether oxygens (including phenoxy) is 1. The molecule has 1 fully saturated rings. The second-order valence-electron chi connectivity index (χ2n) is 6.38. The third kappa shape index (κ3) is 3.64. The average Bonchev–Trinajstić information content (AvgIpc) is 2.67. The minimum atomic E-state index is -3.67. The van der Waals surface area contributed by atoms with Crippen LogP contribution in [0.4, 0.5) is 0 Å². The van der Waals surface area contributed by atoms with E-state index in [1.807, 2.05) is 27.7 Å². The second kappa shape index (κ2) is 5.53. The van der Waals surface area contributed by atoms with E-state index in [1.165, 1.54) is 10.4 Å². The molecular weight excluding hydrogens is 382 g/mol. The maximum absolute atomic E-state index is 12.9. The number of rotatable bonds is 3. The number of nitrogens with zero attached hydrogens (tertiary/aromatic N) is 1. The Labute approximate surface area is 138 Å². The number of alkyl halides is 1. The monoisotopic (exact) mass is 399 g/mol. The lowest BCUT2D eigenvalue weighted by Crippen LogP contribution is -2.58. The molecule has 1 saturated heterocycles. The van der Waals surface area contributed by atoms with Gasteiger partial charge in [-0.05, 0) is 43.6 Å². The first-order valence-electron chi connectivity index (χ1n) is 6.51. The van der Waals surface area contributed by atoms with E-state index in [4.69, 9.17) is 20.8 Å². The molecule has 0 N–H and O–H groups in total. The van der Waals surface area contributed by atoms with Crippen molar-refractivity contribution < 1.29 is 17.6 Å². The Balaban J connectivity index is 2.41. The molecule has 2 heterocycles. The first-order chi connectivity index (χ1) is 9.47. The smallest absolute Gasteiger partial charge is 0.247 e. The number of sulfonamides is 1. The molecule has 0 amide bonds. The Morgan fingerprint density at radius 3 is 2.24 bits per heavy atom. The molecule has 0 saturated carbocycles. The number of hydrogen-bond acceptors (Lipinski definition) is 4. The summed E-state index contributed by atoms with van der Waals surface area (Å²) in [7, 11) is -3.67. The molecule has 0 bridgehead atoms. The van der Waals surface area contributed by atoms with Gasteiger partial charge in [0.05, 0.1) is 17.1 Å². The van der Waals surface area contributed by atoms with Crippen molar-refractivity contribution in [1.29, 1.82) is 0 Å². The zero-order valence-electron chi connectivity index (χ0n) is 12.4. The Morgan fingerprint density at radius 2 is 1.81 bits per heavy atom. The number of hydrogen-bond donors (Lipinski definition) is 0. The molecule has 120 valence electrons. The van der Waals surface area contributed by atoms with E-state index in [1.54, 1.807) is 0 Å². The van der Waals surface area contributed by atoms with Gasteiger partial charge in [0.2, 0.25) is 10.0 Å². The van der Waals surface area contributed by atoms with E-state index in [0.717, 1.165) is 0 Å². The number of halogens is 2. The lowest BCUT2D eigenvalue weighted by atomic mass is 10.0. The quantitative estimate of drug-likeness (QED) is 0.730. The summed E-state index contributed by atoms with van der Waals surface area (Å²) in [5, 5.41) is 0. The third-order valence-electron chi connectivity index (χ3n) is 3.12. The SMILES string of the molecule is CC1(C)CN(S(=O)(=O)c2cc(CCl)oc2Br)CC(C)(C)O1. The molecule has 1 aliphatic heterocycles. The van der Waals surface area contributed by atoms with Crippen LogP contribution in [0.3, 0.4) is 0 Å². The molecular formula is C13H19BrClNO4S. The van der Waals surface area contributed by atoms with E-state index in [9.17, 15) is 8.42 Å². The van der Waals surface area contributed by atoms with Gasteiger partial charge in [-0.2, -0.15) is 4.31 Å². The molecule has 0 aromatic carbocycles. The standard InChI is InChI=1S/C13H19BrClNO4S/c1-12(2)7-16(8-13(3,4)20-12)21(17,18)10-5-9(6-15)19-11(10)14/h5H,6-8H2,1-4H3. The van der Waals surface area contributed by atoms with Gasteiger partial charge in [0.25, 0.3) is 0 Å². The topological polar surface area (TPSA) is 59.8 Å². The molecule has 1 aliphatic rings. The summed E-state index contributed by atoms with van der Waals surface area (Å²) in [6, 6.07) is 1.46. The zero-order chi connectivity index (χ0) is 16.1. The second-order valence-corrected chi connectivity index (χ2v) is 9.27. The average molecular weight is 401 g/mol. The van der Waals surface area contributed by atoms with Crippen molar-refractivity contribution in [2.45, 2.75) is 49.7 Å². The third-order valence-corrected chi connectivity index (χ3v) is 6.03. The van der Waals surface area contributed by atoms with Crippen LogP contribution in [0, 0.1) is 0 Å². The van der Waals surface area contributed by atoms with Gasteiger partial charge in [0.15, 0.2) is 4.67 Å². The van der Waals surface area contributed by atoms with Gasteiger partial charge in [-0.25, -0.2) is 8.42 Å². The Kier molecular flexibility index (Phi) is 4.55. The lowest BCUT2D eigenvalue weighted by molar-refractivity contribution is -0.163. The van der Waals surface area contributed by atoms with E-state index >= 15 is 0 Å². The summed E-state index contributed by atoms with van der Waals surface area (Å²) in [6.45, 7) is 8.09. The molecule has 1 aromatic heterocycles. The summed E-state index contributed by atoms with van der Waals surface area (Å²) < 4.78 is 38.5. The van der Waals surface area contributed by atoms with Crippen LogP contribution in [0.25, 0.3) is 0 Å². The van der Waals surface area contributed by atoms with Crippen molar-refractivity contribution in [3.8, 4) is 0 Å². The van der Waals surface area contributed by atoms with Crippen LogP contribution in [-0.4, -0.2) is 37.0 Å². The molecule has 5 nitrogen and oxygen atoms in total. The van der Waals surface area contributed by atoms with Gasteiger partial charge >= 0.3 is 0 Å². The summed E-state index contributed by atoms with van der Waals surface area (Å²) in [5.74, 6) is 0.530. The van der Waals surface area contributed by atoms with E-state index in [2.05, 4.69) is 15.9 Å². The Hall–Kier alpha value is -0.0800. The van der Waals surface area contributed by atoms with Crippen LogP contribution >= 0.6 is 27.5 Å². The molecule has 0 spiro atoms. The highest BCUT2D eigenvalue weighted by atomic mass is 79.9. The van der Waals surface area contributed by atoms with Gasteiger partial charge in [-0.3, -0.25) is 0 Å². The van der Waals surface area contributed by atoms with Crippen molar-refractivity contribution in [2.75, 3.05) is 13.1 Å². The predicted octanol–water partition coefficient (Wildman–Crippen LogP) is 3.36. The summed E-state index contributed by atoms with van der Waals surface area (Å²) in [6.07, 6.45) is 0. The van der Waals surface area contributed by atoms with Crippen molar-refractivity contribution in [3.63, 3.8) is 0 Å². The maximum atomic E-state index is 12.9. The van der Waals surface area contributed by atoms with Crippen LogP contribution in [0.1, 0.15) is 33.5 Å². The van der Waals surface area contributed by atoms with Crippen LogP contribution in [-0.2, 0) is 20.6 Å². The van der Waals surface area contributed by atoms with Crippen LogP contribution in [0.2, 0.25) is 0 Å². The molecule has 2 rings (SSSR count). The van der Waals surface area contributed by atoms with Gasteiger partial charge in [0, 0.05) is 19.2 Å². The summed E-state index contributed by atoms with van der Waals surface area (Å²) >= 11 is 8.85. The summed E-state index contributed by atoms with van der Waals surface area (Å²) in [5.41, 5.74) is -1.11. The minimum absolute atomic E-state index is 0.103. The molecule has 0 radical (unpaired) electrons. The fraction of sp³-hybridized carbons (Fsp3) is 0.692. The van der Waals surface area contributed by atoms with Gasteiger partial charge in [-0.1, -0.05) is 0 Å². The fourth-order valence-corrected chi connectivity index (χ4v) is 5.50. The molecule has 0 aliphatic carbocycles. The minimum Gasteiger partial charge on any atom is -0.452 e. The van der Waals surface area contributed by atoms with Crippen LogP contribution < -0.4 is 0 Å². The van der Waals surface area contributed by atoms with Gasteiger partial charge in [-0.15, -0.1) is 11.6 Å². The van der Waals surface area contributed by atoms with E-state index in [0.29, 0.717) is 5.76 Å². The van der Waals surface area contributed by atoms with Crippen LogP contribution in [0.5, 0.6) is 0 Å². The lowest BCUT2D eigenvalue weighted by Gasteiger charge is -2.46. The Morgan fingerprint density at radius 1 is 1.29 bits per heavy atom. The van der Waals surface area contributed by atoms with Crippen LogP contribution in [0.15, 0.2) is 20.0 Å². The highest BCUT2D eigenvalue weighted by Gasteiger charge is 2.44. The predicted molar refractivity (Wildman–Crippen MR) is 84.0 cm³/mol. The highest BCUT2D eigenvalue weighted by molar-refractivity contribution is 9.10. The van der Waals surface area contributed by atoms with Gasteiger partial charge in [0.1, 0.15) is 10.7 Å². The fourth-order valence-electron chi connectivity index (χ4n) is 2.67. The van der Waals surface area contributed by atoms with Gasteiger partial charge < -0.3 is 9.15 Å². The van der Waals surface area contributed by atoms with E-state index in [-0.39, 0.29) is 28.5 Å². The number of furan rings is 1. The van der Waals surface area contributed by atoms with Crippen molar-refractivity contribution >= 4 is 37.6 Å².